The first-order valence-electron chi connectivity index (χ1n) is 6.80. The van der Waals surface area contributed by atoms with Gasteiger partial charge in [0.1, 0.15) is 0 Å². The Morgan fingerprint density at radius 2 is 2.05 bits per heavy atom. The predicted octanol–water partition coefficient (Wildman–Crippen LogP) is 3.02. The molecule has 0 radical (unpaired) electrons. The fourth-order valence-corrected chi connectivity index (χ4v) is 2.71. The van der Waals surface area contributed by atoms with Gasteiger partial charge in [-0.25, -0.2) is 0 Å². The van der Waals surface area contributed by atoms with Crippen molar-refractivity contribution in [3.8, 4) is 0 Å². The van der Waals surface area contributed by atoms with E-state index in [1.165, 1.54) is 11.1 Å². The van der Waals surface area contributed by atoms with Gasteiger partial charge in [-0.1, -0.05) is 24.3 Å². The first kappa shape index (κ1) is 12.2. The lowest BCUT2D eigenvalue weighted by Gasteiger charge is -2.13. The second-order valence-electron chi connectivity index (χ2n) is 5.47. The second kappa shape index (κ2) is 4.70. The van der Waals surface area contributed by atoms with Crippen LogP contribution >= 0.6 is 0 Å². The van der Waals surface area contributed by atoms with Gasteiger partial charge in [-0.2, -0.15) is 5.10 Å². The molecule has 0 amide bonds. The summed E-state index contributed by atoms with van der Waals surface area (Å²) in [6, 6.07) is 9.21. The first-order chi connectivity index (χ1) is 9.15. The summed E-state index contributed by atoms with van der Waals surface area (Å²) in [5.41, 5.74) is 9.81. The van der Waals surface area contributed by atoms with Crippen molar-refractivity contribution in [3.05, 3.63) is 47.8 Å². The van der Waals surface area contributed by atoms with Crippen molar-refractivity contribution in [1.82, 2.24) is 9.78 Å². The molecule has 19 heavy (non-hydrogen) atoms. The van der Waals surface area contributed by atoms with Gasteiger partial charge in [0.2, 0.25) is 0 Å². The molecular formula is C15H20N4. The number of benzene rings is 1. The zero-order valence-electron chi connectivity index (χ0n) is 11.4. The number of hydrogen-bond donors (Lipinski definition) is 2. The molecule has 0 bridgehead atoms. The lowest BCUT2D eigenvalue weighted by atomic mass is 10.1. The molecule has 2 aromatic rings. The summed E-state index contributed by atoms with van der Waals surface area (Å²) in [7, 11) is 0. The Bertz CT molecular complexity index is 573. The summed E-state index contributed by atoms with van der Waals surface area (Å²) in [6.07, 6.45) is 4.87. The number of fused-ring (bicyclic) bond motifs is 1. The van der Waals surface area contributed by atoms with E-state index >= 15 is 0 Å². The number of anilines is 1. The Morgan fingerprint density at radius 3 is 2.74 bits per heavy atom. The van der Waals surface area contributed by atoms with Crippen LogP contribution in [0, 0.1) is 0 Å². The van der Waals surface area contributed by atoms with Crippen LogP contribution in [0.5, 0.6) is 0 Å². The summed E-state index contributed by atoms with van der Waals surface area (Å²) in [5, 5.41) is 7.90. The van der Waals surface area contributed by atoms with E-state index in [4.69, 9.17) is 5.73 Å². The minimum absolute atomic E-state index is 0.133. The van der Waals surface area contributed by atoms with Crippen LogP contribution < -0.4 is 11.1 Å². The molecule has 0 saturated heterocycles. The largest absolute Gasteiger partial charge is 0.376 e. The Kier molecular flexibility index (Phi) is 3.03. The Hall–Kier alpha value is -1.81. The van der Waals surface area contributed by atoms with E-state index in [1.54, 1.807) is 0 Å². The van der Waals surface area contributed by atoms with E-state index in [9.17, 15) is 0 Å². The summed E-state index contributed by atoms with van der Waals surface area (Å²) in [4.78, 5) is 0. The lowest BCUT2D eigenvalue weighted by Crippen LogP contribution is -2.09. The topological polar surface area (TPSA) is 55.9 Å². The third-order valence-electron chi connectivity index (χ3n) is 3.73. The average molecular weight is 256 g/mol. The number of nitrogens with one attached hydrogen (secondary N) is 1. The number of hydrogen-bond acceptors (Lipinski definition) is 3. The molecule has 3 N–H and O–H groups in total. The molecule has 4 heteroatoms. The highest BCUT2D eigenvalue weighted by molar-refractivity contribution is 5.47. The first-order valence-corrected chi connectivity index (χ1v) is 6.80. The quantitative estimate of drug-likeness (QED) is 0.887. The van der Waals surface area contributed by atoms with Crippen LogP contribution in [-0.4, -0.2) is 9.78 Å². The maximum atomic E-state index is 6.18. The van der Waals surface area contributed by atoms with E-state index in [-0.39, 0.29) is 12.1 Å². The SMILES string of the molecule is CC(C)n1cc(NC2CC(N)c3ccccc32)cn1. The van der Waals surface area contributed by atoms with Crippen LogP contribution in [-0.2, 0) is 0 Å². The predicted molar refractivity (Wildman–Crippen MR) is 77.0 cm³/mol. The monoisotopic (exact) mass is 256 g/mol. The van der Waals surface area contributed by atoms with Crippen molar-refractivity contribution in [1.29, 1.82) is 0 Å². The van der Waals surface area contributed by atoms with Gasteiger partial charge >= 0.3 is 0 Å². The van der Waals surface area contributed by atoms with E-state index in [1.807, 2.05) is 10.9 Å². The molecule has 1 heterocycles. The van der Waals surface area contributed by atoms with Crippen molar-refractivity contribution in [2.45, 2.75) is 38.4 Å². The molecular weight excluding hydrogens is 236 g/mol. The molecule has 4 nitrogen and oxygen atoms in total. The number of rotatable bonds is 3. The van der Waals surface area contributed by atoms with Gasteiger partial charge < -0.3 is 11.1 Å². The smallest absolute Gasteiger partial charge is 0.0731 e. The molecule has 2 atom stereocenters. The van der Waals surface area contributed by atoms with Crippen molar-refractivity contribution in [2.75, 3.05) is 5.32 Å². The van der Waals surface area contributed by atoms with E-state index < -0.39 is 0 Å². The zero-order chi connectivity index (χ0) is 13.4. The van der Waals surface area contributed by atoms with E-state index in [2.05, 4.69) is 54.7 Å². The second-order valence-corrected chi connectivity index (χ2v) is 5.47. The average Bonchev–Trinajstić information content (AvgIpc) is 2.97. The summed E-state index contributed by atoms with van der Waals surface area (Å²) in [6.45, 7) is 4.25. The fourth-order valence-electron chi connectivity index (χ4n) is 2.71. The minimum atomic E-state index is 0.133. The van der Waals surface area contributed by atoms with Gasteiger partial charge in [0.25, 0.3) is 0 Å². The van der Waals surface area contributed by atoms with Crippen molar-refractivity contribution in [3.63, 3.8) is 0 Å². The van der Waals surface area contributed by atoms with Crippen molar-refractivity contribution >= 4 is 5.69 Å². The Morgan fingerprint density at radius 1 is 1.32 bits per heavy atom. The molecule has 1 aromatic heterocycles. The highest BCUT2D eigenvalue weighted by Gasteiger charge is 2.28. The van der Waals surface area contributed by atoms with Gasteiger partial charge in [0.15, 0.2) is 0 Å². The van der Waals surface area contributed by atoms with Gasteiger partial charge in [-0.3, -0.25) is 4.68 Å². The third kappa shape index (κ3) is 2.24. The maximum absolute atomic E-state index is 6.18. The van der Waals surface area contributed by atoms with E-state index in [0.29, 0.717) is 6.04 Å². The van der Waals surface area contributed by atoms with Crippen LogP contribution in [0.3, 0.4) is 0 Å². The highest BCUT2D eigenvalue weighted by atomic mass is 15.3. The normalized spacial score (nSPS) is 21.7. The minimum Gasteiger partial charge on any atom is -0.376 e. The summed E-state index contributed by atoms with van der Waals surface area (Å²) in [5.74, 6) is 0. The maximum Gasteiger partial charge on any atom is 0.0731 e. The molecule has 1 aliphatic rings. The summed E-state index contributed by atoms with van der Waals surface area (Å²) >= 11 is 0. The molecule has 2 unspecified atom stereocenters. The molecule has 0 saturated carbocycles. The zero-order valence-corrected chi connectivity index (χ0v) is 11.4. The van der Waals surface area contributed by atoms with Crippen LogP contribution in [0.1, 0.15) is 49.5 Å². The number of nitrogens with zero attached hydrogens (tertiary/aromatic N) is 2. The fraction of sp³-hybridized carbons (Fsp3) is 0.400. The van der Waals surface area contributed by atoms with Crippen molar-refractivity contribution in [2.24, 2.45) is 5.73 Å². The molecule has 0 fully saturated rings. The molecule has 100 valence electrons. The van der Waals surface area contributed by atoms with Gasteiger partial charge in [0, 0.05) is 18.3 Å². The van der Waals surface area contributed by atoms with Gasteiger partial charge in [-0.15, -0.1) is 0 Å². The van der Waals surface area contributed by atoms with Crippen LogP contribution in [0.4, 0.5) is 5.69 Å². The number of nitrogens with two attached hydrogens (primary N) is 1. The Labute approximate surface area is 113 Å². The molecule has 1 aliphatic carbocycles. The van der Waals surface area contributed by atoms with Gasteiger partial charge in [-0.05, 0) is 31.4 Å². The lowest BCUT2D eigenvalue weighted by molar-refractivity contribution is 0.532. The van der Waals surface area contributed by atoms with Gasteiger partial charge in [0.05, 0.1) is 17.9 Å². The molecule has 3 rings (SSSR count). The third-order valence-corrected chi connectivity index (χ3v) is 3.73. The molecule has 0 aliphatic heterocycles. The molecule has 1 aromatic carbocycles. The molecule has 0 spiro atoms. The standard InChI is InChI=1S/C15H20N4/c1-10(2)19-9-11(8-17-19)18-15-7-14(16)12-5-3-4-6-13(12)15/h3-6,8-10,14-15,18H,7,16H2,1-2H3. The van der Waals surface area contributed by atoms with Crippen LogP contribution in [0.15, 0.2) is 36.7 Å². The highest BCUT2D eigenvalue weighted by Crippen LogP contribution is 2.38. The Balaban J connectivity index is 1.81. The van der Waals surface area contributed by atoms with Crippen molar-refractivity contribution < 1.29 is 0 Å². The van der Waals surface area contributed by atoms with E-state index in [0.717, 1.165) is 12.1 Å². The summed E-state index contributed by atoms with van der Waals surface area (Å²) < 4.78 is 1.96. The number of aromatic nitrogens is 2. The van der Waals surface area contributed by atoms with Crippen LogP contribution in [0.25, 0.3) is 0 Å². The van der Waals surface area contributed by atoms with Crippen LogP contribution in [0.2, 0.25) is 0 Å².